The average molecular weight is 491 g/mol. The molecule has 1 aliphatic rings. The van der Waals surface area contributed by atoms with Gasteiger partial charge in [0.15, 0.2) is 0 Å². The molecule has 2 amide bonds. The first-order valence-corrected chi connectivity index (χ1v) is 11.9. The van der Waals surface area contributed by atoms with Crippen molar-refractivity contribution in [3.63, 3.8) is 0 Å². The van der Waals surface area contributed by atoms with Crippen LogP contribution in [0.4, 0.5) is 0 Å². The molecule has 0 aromatic carbocycles. The standard InChI is InChI=1S/C17H23ClN6O5S2/c1-17(10-25,22-15(26)11-5-24(6-11)31(19,28)29)9-20-16(27)14-3-2-13(30-14)8-23-7-12(18)4-21-23/h2-4,7,11,25H,5-6,8-10H2,1H3,(H,20,27)(H,22,26)(H2,19,28,29). The molecule has 3 heterocycles. The Morgan fingerprint density at radius 3 is 2.71 bits per heavy atom. The van der Waals surface area contributed by atoms with E-state index in [1.54, 1.807) is 23.9 Å². The molecule has 170 valence electrons. The van der Waals surface area contributed by atoms with Crippen molar-refractivity contribution in [3.05, 3.63) is 39.3 Å². The number of carbonyl (C=O) groups is 2. The summed E-state index contributed by atoms with van der Waals surface area (Å²) in [5.74, 6) is -1.31. The first kappa shape index (κ1) is 23.6. The molecule has 0 radical (unpaired) electrons. The lowest BCUT2D eigenvalue weighted by molar-refractivity contribution is -0.130. The Labute approximate surface area is 188 Å². The number of nitrogens with zero attached hydrogens (tertiary/aromatic N) is 3. The van der Waals surface area contributed by atoms with Crippen LogP contribution in [0.15, 0.2) is 24.5 Å². The van der Waals surface area contributed by atoms with Crippen molar-refractivity contribution in [2.45, 2.75) is 19.0 Å². The lowest BCUT2D eigenvalue weighted by Crippen LogP contribution is -2.62. The summed E-state index contributed by atoms with van der Waals surface area (Å²) in [6.07, 6.45) is 3.21. The number of nitrogens with one attached hydrogen (secondary N) is 2. The van der Waals surface area contributed by atoms with Gasteiger partial charge in [0.05, 0.1) is 40.7 Å². The number of aliphatic hydroxyl groups excluding tert-OH is 1. The van der Waals surface area contributed by atoms with Crippen LogP contribution in [-0.2, 0) is 21.5 Å². The van der Waals surface area contributed by atoms with Crippen molar-refractivity contribution in [1.29, 1.82) is 0 Å². The zero-order valence-electron chi connectivity index (χ0n) is 16.6. The van der Waals surface area contributed by atoms with E-state index in [0.29, 0.717) is 16.4 Å². The average Bonchev–Trinajstić information content (AvgIpc) is 3.26. The van der Waals surface area contributed by atoms with Crippen molar-refractivity contribution >= 4 is 45.0 Å². The molecule has 0 saturated carbocycles. The van der Waals surface area contributed by atoms with Crippen LogP contribution in [0.5, 0.6) is 0 Å². The van der Waals surface area contributed by atoms with E-state index in [-0.39, 0.29) is 25.5 Å². The van der Waals surface area contributed by atoms with E-state index < -0.39 is 34.2 Å². The highest BCUT2D eigenvalue weighted by Crippen LogP contribution is 2.20. The molecule has 5 N–H and O–H groups in total. The molecule has 1 atom stereocenters. The van der Waals surface area contributed by atoms with E-state index in [2.05, 4.69) is 15.7 Å². The molecule has 1 unspecified atom stereocenters. The number of rotatable bonds is 9. The normalized spacial score (nSPS) is 17.0. The van der Waals surface area contributed by atoms with Crippen LogP contribution in [0.2, 0.25) is 5.02 Å². The van der Waals surface area contributed by atoms with Gasteiger partial charge in [0.2, 0.25) is 5.91 Å². The minimum Gasteiger partial charge on any atom is -0.394 e. The Hall–Kier alpha value is -2.03. The number of hydrogen-bond acceptors (Lipinski definition) is 7. The Morgan fingerprint density at radius 2 is 2.13 bits per heavy atom. The van der Waals surface area contributed by atoms with Crippen LogP contribution in [-0.4, -0.2) is 71.2 Å². The van der Waals surface area contributed by atoms with E-state index >= 15 is 0 Å². The summed E-state index contributed by atoms with van der Waals surface area (Å²) in [5, 5.41) is 24.8. The second-order valence-corrected chi connectivity index (χ2v) is 10.7. The second-order valence-electron chi connectivity index (χ2n) is 7.57. The summed E-state index contributed by atoms with van der Waals surface area (Å²) in [7, 11) is -3.81. The van der Waals surface area contributed by atoms with Crippen LogP contribution in [0.25, 0.3) is 0 Å². The van der Waals surface area contributed by atoms with Crippen molar-refractivity contribution in [2.24, 2.45) is 11.1 Å². The maximum absolute atomic E-state index is 12.5. The van der Waals surface area contributed by atoms with Gasteiger partial charge >= 0.3 is 0 Å². The third-order valence-electron chi connectivity index (χ3n) is 4.80. The van der Waals surface area contributed by atoms with Crippen molar-refractivity contribution in [2.75, 3.05) is 26.2 Å². The first-order chi connectivity index (χ1) is 14.5. The van der Waals surface area contributed by atoms with Gasteiger partial charge in [-0.2, -0.15) is 17.8 Å². The molecule has 1 saturated heterocycles. The zero-order valence-corrected chi connectivity index (χ0v) is 19.0. The predicted octanol–water partition coefficient (Wildman–Crippen LogP) is -0.621. The van der Waals surface area contributed by atoms with Gasteiger partial charge < -0.3 is 15.7 Å². The number of hydrogen-bond donors (Lipinski definition) is 4. The number of nitrogens with two attached hydrogens (primary N) is 1. The third-order valence-corrected chi connectivity index (χ3v) is 7.08. The monoisotopic (exact) mass is 490 g/mol. The lowest BCUT2D eigenvalue weighted by atomic mass is 9.98. The van der Waals surface area contributed by atoms with Crippen LogP contribution in [0, 0.1) is 5.92 Å². The summed E-state index contributed by atoms with van der Waals surface area (Å²) in [6, 6.07) is 3.50. The fourth-order valence-corrected chi connectivity index (χ4v) is 4.73. The summed E-state index contributed by atoms with van der Waals surface area (Å²) >= 11 is 7.14. The van der Waals surface area contributed by atoms with Gasteiger partial charge in [0, 0.05) is 30.7 Å². The highest BCUT2D eigenvalue weighted by atomic mass is 35.5. The van der Waals surface area contributed by atoms with Crippen LogP contribution < -0.4 is 15.8 Å². The molecule has 0 aliphatic carbocycles. The van der Waals surface area contributed by atoms with Crippen molar-refractivity contribution in [3.8, 4) is 0 Å². The Morgan fingerprint density at radius 1 is 1.42 bits per heavy atom. The van der Waals surface area contributed by atoms with Gasteiger partial charge in [-0.15, -0.1) is 11.3 Å². The summed E-state index contributed by atoms with van der Waals surface area (Å²) in [5.41, 5.74) is -1.11. The maximum atomic E-state index is 12.5. The maximum Gasteiger partial charge on any atom is 0.276 e. The molecule has 0 bridgehead atoms. The van der Waals surface area contributed by atoms with Crippen LogP contribution >= 0.6 is 22.9 Å². The van der Waals surface area contributed by atoms with Crippen molar-refractivity contribution in [1.82, 2.24) is 24.7 Å². The van der Waals surface area contributed by atoms with E-state index in [1.807, 2.05) is 6.07 Å². The quantitative estimate of drug-likeness (QED) is 0.366. The molecule has 2 aromatic rings. The van der Waals surface area contributed by atoms with Crippen LogP contribution in [0.3, 0.4) is 0 Å². The largest absolute Gasteiger partial charge is 0.394 e. The minimum atomic E-state index is -3.81. The van der Waals surface area contributed by atoms with Crippen LogP contribution in [0.1, 0.15) is 21.5 Å². The fraction of sp³-hybridized carbons (Fsp3) is 0.471. The topological polar surface area (TPSA) is 160 Å². The van der Waals surface area contributed by atoms with Gasteiger partial charge in [-0.1, -0.05) is 11.6 Å². The minimum absolute atomic E-state index is 0.0122. The van der Waals surface area contributed by atoms with E-state index in [9.17, 15) is 23.1 Å². The first-order valence-electron chi connectivity index (χ1n) is 9.25. The SMILES string of the molecule is CC(CO)(CNC(=O)c1ccc(Cn2cc(Cl)cn2)s1)NC(=O)C1CN(S(N)(=O)=O)C1. The Bertz CT molecular complexity index is 1060. The number of aromatic nitrogens is 2. The second kappa shape index (κ2) is 9.22. The molecular formula is C17H23ClN6O5S2. The smallest absolute Gasteiger partial charge is 0.276 e. The van der Waals surface area contributed by atoms with Gasteiger partial charge in [-0.25, -0.2) is 5.14 Å². The van der Waals surface area contributed by atoms with E-state index in [4.69, 9.17) is 16.7 Å². The third kappa shape index (κ3) is 6.02. The van der Waals surface area contributed by atoms with E-state index in [1.165, 1.54) is 17.5 Å². The van der Waals surface area contributed by atoms with Crippen molar-refractivity contribution < 1.29 is 23.1 Å². The van der Waals surface area contributed by atoms with Gasteiger partial charge in [0.1, 0.15) is 0 Å². The highest BCUT2D eigenvalue weighted by Gasteiger charge is 2.40. The molecule has 1 fully saturated rings. The number of amides is 2. The molecule has 3 rings (SSSR count). The van der Waals surface area contributed by atoms with E-state index in [0.717, 1.165) is 9.18 Å². The molecular weight excluding hydrogens is 468 g/mol. The Kier molecular flexibility index (Phi) is 7.03. The molecule has 2 aromatic heterocycles. The molecule has 31 heavy (non-hydrogen) atoms. The highest BCUT2D eigenvalue weighted by molar-refractivity contribution is 7.86. The number of thiophene rings is 1. The zero-order chi connectivity index (χ0) is 22.8. The number of halogens is 1. The van der Waals surface area contributed by atoms with Gasteiger partial charge in [0.25, 0.3) is 16.1 Å². The lowest BCUT2D eigenvalue weighted by Gasteiger charge is -2.38. The summed E-state index contributed by atoms with van der Waals surface area (Å²) in [6.45, 7) is 1.60. The molecule has 0 spiro atoms. The fourth-order valence-electron chi connectivity index (χ4n) is 2.88. The van der Waals surface area contributed by atoms with Gasteiger partial charge in [-0.3, -0.25) is 14.3 Å². The number of aliphatic hydroxyl groups is 1. The summed E-state index contributed by atoms with van der Waals surface area (Å²) in [4.78, 5) is 26.2. The van der Waals surface area contributed by atoms with Gasteiger partial charge in [-0.05, 0) is 19.1 Å². The number of carbonyl (C=O) groups excluding carboxylic acids is 2. The predicted molar refractivity (Wildman–Crippen MR) is 115 cm³/mol. The summed E-state index contributed by atoms with van der Waals surface area (Å²) < 4.78 is 25.1. The Balaban J connectivity index is 1.51. The molecule has 1 aliphatic heterocycles. The molecule has 11 nitrogen and oxygen atoms in total. The molecule has 14 heteroatoms.